The van der Waals surface area contributed by atoms with E-state index in [2.05, 4.69) is 46.3 Å². The van der Waals surface area contributed by atoms with Crippen molar-refractivity contribution in [2.45, 2.75) is 39.7 Å². The molecule has 3 rings (SSSR count). The van der Waals surface area contributed by atoms with E-state index in [9.17, 15) is 0 Å². The third-order valence-electron chi connectivity index (χ3n) is 3.80. The molecular formula is C18H23N5O2. The third kappa shape index (κ3) is 4.51. The highest BCUT2D eigenvalue weighted by molar-refractivity contribution is 5.73. The Kier molecular flexibility index (Phi) is 5.55. The van der Waals surface area contributed by atoms with Gasteiger partial charge in [-0.1, -0.05) is 49.3 Å². The number of aromatic nitrogens is 5. The van der Waals surface area contributed by atoms with Gasteiger partial charge in [-0.05, 0) is 19.3 Å². The van der Waals surface area contributed by atoms with Gasteiger partial charge >= 0.3 is 0 Å². The average Bonchev–Trinajstić information content (AvgIpc) is 3.23. The van der Waals surface area contributed by atoms with Gasteiger partial charge in [0.1, 0.15) is 5.69 Å². The fraction of sp³-hybridized carbons (Fsp3) is 0.444. The van der Waals surface area contributed by atoms with E-state index in [1.165, 1.54) is 0 Å². The maximum atomic E-state index is 5.79. The maximum Gasteiger partial charge on any atom is 0.229 e. The quantitative estimate of drug-likeness (QED) is 0.674. The Morgan fingerprint density at radius 1 is 1.08 bits per heavy atom. The summed E-state index contributed by atoms with van der Waals surface area (Å²) in [7, 11) is 0. The van der Waals surface area contributed by atoms with Gasteiger partial charge in [0.05, 0.1) is 19.1 Å². The molecule has 0 spiro atoms. The van der Waals surface area contributed by atoms with Crippen LogP contribution in [0, 0.1) is 5.92 Å². The van der Waals surface area contributed by atoms with E-state index in [1.54, 1.807) is 0 Å². The lowest BCUT2D eigenvalue weighted by atomic mass is 10.1. The topological polar surface area (TPSA) is 89.7 Å². The SMILES string of the molecule is CC(C)CC(C)OCCc1nc(-c2n[nH]nc2-c2ccccc2)no1. The number of benzene rings is 1. The minimum Gasteiger partial charge on any atom is -0.378 e. The molecule has 0 aliphatic rings. The molecule has 0 radical (unpaired) electrons. The number of aromatic amines is 1. The molecule has 0 aliphatic heterocycles. The average molecular weight is 341 g/mol. The Morgan fingerprint density at radius 3 is 2.60 bits per heavy atom. The van der Waals surface area contributed by atoms with Crippen LogP contribution in [-0.2, 0) is 11.2 Å². The van der Waals surface area contributed by atoms with Crippen molar-refractivity contribution >= 4 is 0 Å². The second-order valence-electron chi connectivity index (χ2n) is 6.46. The van der Waals surface area contributed by atoms with E-state index in [4.69, 9.17) is 9.26 Å². The Hall–Kier alpha value is -2.54. The first-order valence-electron chi connectivity index (χ1n) is 8.54. The van der Waals surface area contributed by atoms with Gasteiger partial charge in [-0.3, -0.25) is 0 Å². The molecule has 1 aromatic carbocycles. The van der Waals surface area contributed by atoms with Gasteiger partial charge in [0.15, 0.2) is 5.69 Å². The van der Waals surface area contributed by atoms with Crippen molar-refractivity contribution in [1.82, 2.24) is 25.6 Å². The predicted octanol–water partition coefficient (Wildman–Crippen LogP) is 3.52. The fourth-order valence-corrected chi connectivity index (χ4v) is 2.72. The molecule has 132 valence electrons. The van der Waals surface area contributed by atoms with E-state index in [-0.39, 0.29) is 6.10 Å². The molecule has 0 amide bonds. The van der Waals surface area contributed by atoms with Crippen LogP contribution in [0.2, 0.25) is 0 Å². The highest BCUT2D eigenvalue weighted by Gasteiger charge is 2.18. The molecule has 0 fully saturated rings. The molecule has 0 aliphatic carbocycles. The van der Waals surface area contributed by atoms with Gasteiger partial charge in [0.2, 0.25) is 11.7 Å². The molecule has 0 bridgehead atoms. The first-order chi connectivity index (χ1) is 12.1. The zero-order chi connectivity index (χ0) is 17.6. The summed E-state index contributed by atoms with van der Waals surface area (Å²) >= 11 is 0. The van der Waals surface area contributed by atoms with Crippen LogP contribution in [0.4, 0.5) is 0 Å². The van der Waals surface area contributed by atoms with E-state index in [0.29, 0.717) is 42.0 Å². The summed E-state index contributed by atoms with van der Waals surface area (Å²) in [5.74, 6) is 1.58. The lowest BCUT2D eigenvalue weighted by Gasteiger charge is -2.14. The van der Waals surface area contributed by atoms with Gasteiger partial charge in [0, 0.05) is 5.56 Å². The van der Waals surface area contributed by atoms with Crippen LogP contribution in [0.25, 0.3) is 22.8 Å². The van der Waals surface area contributed by atoms with Gasteiger partial charge in [0.25, 0.3) is 0 Å². The fourth-order valence-electron chi connectivity index (χ4n) is 2.72. The van der Waals surface area contributed by atoms with Crippen molar-refractivity contribution in [3.63, 3.8) is 0 Å². The van der Waals surface area contributed by atoms with Crippen LogP contribution >= 0.6 is 0 Å². The minimum atomic E-state index is 0.225. The molecule has 0 saturated heterocycles. The van der Waals surface area contributed by atoms with Crippen LogP contribution in [0.3, 0.4) is 0 Å². The van der Waals surface area contributed by atoms with E-state index >= 15 is 0 Å². The van der Waals surface area contributed by atoms with Gasteiger partial charge in [-0.2, -0.15) is 20.4 Å². The summed E-state index contributed by atoms with van der Waals surface area (Å²) in [6, 6.07) is 9.78. The highest BCUT2D eigenvalue weighted by atomic mass is 16.5. The number of nitrogens with one attached hydrogen (secondary N) is 1. The summed E-state index contributed by atoms with van der Waals surface area (Å²) < 4.78 is 11.1. The van der Waals surface area contributed by atoms with Crippen LogP contribution in [-0.4, -0.2) is 38.3 Å². The second kappa shape index (κ2) is 8.02. The van der Waals surface area contributed by atoms with Gasteiger partial charge < -0.3 is 9.26 Å². The summed E-state index contributed by atoms with van der Waals surface area (Å²) in [5, 5.41) is 15.0. The number of H-pyrrole nitrogens is 1. The maximum absolute atomic E-state index is 5.79. The second-order valence-corrected chi connectivity index (χ2v) is 6.46. The molecule has 1 atom stereocenters. The number of hydrogen-bond acceptors (Lipinski definition) is 6. The first kappa shape index (κ1) is 17.3. The standard InChI is InChI=1S/C18H23N5O2/c1-12(2)11-13(3)24-10-9-15-19-18(22-25-15)17-16(20-23-21-17)14-7-5-4-6-8-14/h4-8,12-13H,9-11H2,1-3H3,(H,20,21,23). The normalized spacial score (nSPS) is 12.6. The summed E-state index contributed by atoms with van der Waals surface area (Å²) in [4.78, 5) is 4.42. The van der Waals surface area contributed by atoms with Gasteiger partial charge in [-0.15, -0.1) is 0 Å². The molecule has 3 aromatic rings. The highest BCUT2D eigenvalue weighted by Crippen LogP contribution is 2.26. The molecule has 7 nitrogen and oxygen atoms in total. The number of hydrogen-bond donors (Lipinski definition) is 1. The van der Waals surface area contributed by atoms with Crippen molar-refractivity contribution in [1.29, 1.82) is 0 Å². The first-order valence-corrected chi connectivity index (χ1v) is 8.54. The smallest absolute Gasteiger partial charge is 0.229 e. The Balaban J connectivity index is 1.64. The summed E-state index contributed by atoms with van der Waals surface area (Å²) in [6.45, 7) is 7.01. The Bertz CT molecular complexity index is 782. The molecule has 0 saturated carbocycles. The number of ether oxygens (including phenoxy) is 1. The third-order valence-corrected chi connectivity index (χ3v) is 3.80. The number of nitrogens with zero attached hydrogens (tertiary/aromatic N) is 4. The predicted molar refractivity (Wildman–Crippen MR) is 93.7 cm³/mol. The zero-order valence-electron chi connectivity index (χ0n) is 14.8. The lowest BCUT2D eigenvalue weighted by Crippen LogP contribution is -2.13. The van der Waals surface area contributed by atoms with Crippen molar-refractivity contribution in [3.05, 3.63) is 36.2 Å². The Morgan fingerprint density at radius 2 is 1.84 bits per heavy atom. The minimum absolute atomic E-state index is 0.225. The molecule has 25 heavy (non-hydrogen) atoms. The van der Waals surface area contributed by atoms with Gasteiger partial charge in [-0.25, -0.2) is 0 Å². The molecule has 1 unspecified atom stereocenters. The monoisotopic (exact) mass is 341 g/mol. The van der Waals surface area contributed by atoms with Crippen LogP contribution < -0.4 is 0 Å². The van der Waals surface area contributed by atoms with Crippen molar-refractivity contribution in [3.8, 4) is 22.8 Å². The van der Waals surface area contributed by atoms with Crippen LogP contribution in [0.15, 0.2) is 34.9 Å². The summed E-state index contributed by atoms with van der Waals surface area (Å²) in [5.41, 5.74) is 2.23. The van der Waals surface area contributed by atoms with Crippen molar-refractivity contribution < 1.29 is 9.26 Å². The molecular weight excluding hydrogens is 318 g/mol. The molecule has 2 heterocycles. The largest absolute Gasteiger partial charge is 0.378 e. The van der Waals surface area contributed by atoms with E-state index in [0.717, 1.165) is 12.0 Å². The van der Waals surface area contributed by atoms with Crippen LogP contribution in [0.1, 0.15) is 33.1 Å². The van der Waals surface area contributed by atoms with Crippen LogP contribution in [0.5, 0.6) is 0 Å². The van der Waals surface area contributed by atoms with E-state index < -0.39 is 0 Å². The zero-order valence-corrected chi connectivity index (χ0v) is 14.8. The molecule has 7 heteroatoms. The van der Waals surface area contributed by atoms with Crippen molar-refractivity contribution in [2.24, 2.45) is 5.92 Å². The summed E-state index contributed by atoms with van der Waals surface area (Å²) in [6.07, 6.45) is 1.84. The number of rotatable bonds is 8. The van der Waals surface area contributed by atoms with Crippen molar-refractivity contribution in [2.75, 3.05) is 6.61 Å². The lowest BCUT2D eigenvalue weighted by molar-refractivity contribution is 0.0510. The molecule has 1 N–H and O–H groups in total. The van der Waals surface area contributed by atoms with E-state index in [1.807, 2.05) is 30.3 Å². The Labute approximate surface area is 146 Å². The molecule has 2 aromatic heterocycles.